The molecule has 7 heteroatoms. The van der Waals surface area contributed by atoms with E-state index in [-0.39, 0.29) is 0 Å². The maximum Gasteiger partial charge on any atom is 0.214 e. The molecule has 7 nitrogen and oxygen atoms in total. The number of nitrogens with two attached hydrogens (primary N) is 1. The van der Waals surface area contributed by atoms with Gasteiger partial charge in [-0.3, -0.25) is 9.89 Å². The van der Waals surface area contributed by atoms with Crippen LogP contribution in [0.3, 0.4) is 0 Å². The van der Waals surface area contributed by atoms with E-state index in [0.29, 0.717) is 11.8 Å². The lowest BCUT2D eigenvalue weighted by Crippen LogP contribution is -2.46. The van der Waals surface area contributed by atoms with Crippen molar-refractivity contribution in [2.24, 2.45) is 10.7 Å². The zero-order valence-corrected chi connectivity index (χ0v) is 22.3. The van der Waals surface area contributed by atoms with Gasteiger partial charge in [0.2, 0.25) is 11.8 Å². The molecule has 4 aromatic rings. The molecule has 5 rings (SSSR count). The number of benzene rings is 3. The van der Waals surface area contributed by atoms with Crippen molar-refractivity contribution in [2.75, 3.05) is 56.7 Å². The highest BCUT2D eigenvalue weighted by atomic mass is 16.5. The Kier molecular flexibility index (Phi) is 8.14. The van der Waals surface area contributed by atoms with Gasteiger partial charge in [-0.05, 0) is 61.7 Å². The van der Waals surface area contributed by atoms with Gasteiger partial charge in [0, 0.05) is 49.7 Å². The third kappa shape index (κ3) is 5.63. The molecule has 38 heavy (non-hydrogen) atoms. The van der Waals surface area contributed by atoms with Crippen LogP contribution in [-0.2, 0) is 6.42 Å². The molecule has 1 aliphatic rings. The van der Waals surface area contributed by atoms with Crippen LogP contribution in [0.4, 0.5) is 17.3 Å². The quantitative estimate of drug-likeness (QED) is 0.177. The van der Waals surface area contributed by atoms with Crippen LogP contribution in [-0.4, -0.2) is 57.7 Å². The van der Waals surface area contributed by atoms with E-state index in [0.717, 1.165) is 74.2 Å². The van der Waals surface area contributed by atoms with Crippen molar-refractivity contribution in [2.45, 2.75) is 19.3 Å². The average Bonchev–Trinajstić information content (AvgIpc) is 3.40. The summed E-state index contributed by atoms with van der Waals surface area (Å²) in [5.41, 5.74) is 9.79. The van der Waals surface area contributed by atoms with Crippen molar-refractivity contribution < 1.29 is 9.15 Å². The highest BCUT2D eigenvalue weighted by Gasteiger charge is 2.23. The van der Waals surface area contributed by atoms with Crippen LogP contribution < -0.4 is 20.3 Å². The number of hydrogen-bond donors (Lipinski definition) is 1. The highest BCUT2D eigenvalue weighted by Crippen LogP contribution is 2.39. The first-order valence-electron chi connectivity index (χ1n) is 13.4. The lowest BCUT2D eigenvalue weighted by atomic mass is 10.1. The number of hydrogen-bond acceptors (Lipinski definition) is 5. The lowest BCUT2D eigenvalue weighted by molar-refractivity contribution is 0.253. The number of aryl methyl sites for hydroxylation is 1. The largest absolute Gasteiger partial charge is 0.495 e. The Bertz CT molecular complexity index is 1360. The van der Waals surface area contributed by atoms with Gasteiger partial charge in [-0.1, -0.05) is 42.5 Å². The first-order chi connectivity index (χ1) is 18.7. The van der Waals surface area contributed by atoms with Gasteiger partial charge in [-0.25, -0.2) is 4.90 Å². The SMILES string of the molecule is CN=C(N)N(c1cc(CCCCN2CCN(c3ccccc3)CC2)ccc1OC)c1occ2ccccc12. The molecule has 0 radical (unpaired) electrons. The van der Waals surface area contributed by atoms with Gasteiger partial charge < -0.3 is 19.8 Å². The van der Waals surface area contributed by atoms with Gasteiger partial charge in [0.25, 0.3) is 0 Å². The molecular weight excluding hydrogens is 474 g/mol. The van der Waals surface area contributed by atoms with E-state index in [2.05, 4.69) is 57.3 Å². The molecule has 0 aliphatic carbocycles. The monoisotopic (exact) mass is 511 g/mol. The van der Waals surface area contributed by atoms with Crippen molar-refractivity contribution in [3.63, 3.8) is 0 Å². The molecule has 0 bridgehead atoms. The van der Waals surface area contributed by atoms with E-state index >= 15 is 0 Å². The number of rotatable bonds is 9. The summed E-state index contributed by atoms with van der Waals surface area (Å²) in [5, 5.41) is 1.98. The van der Waals surface area contributed by atoms with Crippen LogP contribution in [0, 0.1) is 0 Å². The highest BCUT2D eigenvalue weighted by molar-refractivity contribution is 6.08. The number of furan rings is 1. The summed E-state index contributed by atoms with van der Waals surface area (Å²) in [6.45, 7) is 5.53. The van der Waals surface area contributed by atoms with Gasteiger partial charge in [-0.15, -0.1) is 0 Å². The third-order valence-electron chi connectivity index (χ3n) is 7.32. The van der Waals surface area contributed by atoms with Crippen molar-refractivity contribution in [3.05, 3.63) is 84.6 Å². The minimum Gasteiger partial charge on any atom is -0.495 e. The van der Waals surface area contributed by atoms with Gasteiger partial charge >= 0.3 is 0 Å². The van der Waals surface area contributed by atoms with E-state index in [4.69, 9.17) is 14.9 Å². The second-order valence-corrected chi connectivity index (χ2v) is 9.67. The molecule has 1 fully saturated rings. The Labute approximate surface area is 225 Å². The van der Waals surface area contributed by atoms with Crippen LogP contribution in [0.15, 0.2) is 88.5 Å². The van der Waals surface area contributed by atoms with Crippen LogP contribution in [0.25, 0.3) is 10.8 Å². The standard InChI is InChI=1S/C31H37N5O2/c1-33-31(32)36(30-27-14-7-6-11-25(27)23-38-30)28-22-24(15-16-29(28)37-2)10-8-9-17-34-18-20-35(21-19-34)26-12-4-3-5-13-26/h3-7,11-16,22-23H,8-10,17-21H2,1-2H3,(H2,32,33). The predicted octanol–water partition coefficient (Wildman–Crippen LogP) is 5.67. The number of piperazine rings is 1. The predicted molar refractivity (Wildman–Crippen MR) is 157 cm³/mol. The number of methoxy groups -OCH3 is 1. The Morgan fingerprint density at radius 2 is 1.74 bits per heavy atom. The van der Waals surface area contributed by atoms with Crippen LogP contribution in [0.2, 0.25) is 0 Å². The van der Waals surface area contributed by atoms with E-state index in [9.17, 15) is 0 Å². The summed E-state index contributed by atoms with van der Waals surface area (Å²) in [7, 11) is 3.36. The van der Waals surface area contributed by atoms with Crippen LogP contribution in [0.5, 0.6) is 5.75 Å². The number of anilines is 3. The van der Waals surface area contributed by atoms with Crippen molar-refractivity contribution >= 4 is 34.0 Å². The number of fused-ring (bicyclic) bond motifs is 1. The number of guanidine groups is 1. The molecular formula is C31H37N5O2. The van der Waals surface area contributed by atoms with E-state index < -0.39 is 0 Å². The van der Waals surface area contributed by atoms with E-state index in [1.807, 2.05) is 35.2 Å². The normalized spacial score (nSPS) is 14.7. The molecule has 1 aliphatic heterocycles. The molecule has 3 aromatic carbocycles. The average molecular weight is 512 g/mol. The lowest BCUT2D eigenvalue weighted by Gasteiger charge is -2.36. The maximum atomic E-state index is 6.41. The van der Waals surface area contributed by atoms with Crippen molar-refractivity contribution in [1.29, 1.82) is 0 Å². The fourth-order valence-electron chi connectivity index (χ4n) is 5.19. The minimum atomic E-state index is 0.343. The second kappa shape index (κ2) is 12.0. The van der Waals surface area contributed by atoms with Crippen molar-refractivity contribution in [3.8, 4) is 5.75 Å². The van der Waals surface area contributed by atoms with E-state index in [1.54, 1.807) is 20.4 Å². The Morgan fingerprint density at radius 3 is 2.50 bits per heavy atom. The fraction of sp³-hybridized carbons (Fsp3) is 0.323. The summed E-state index contributed by atoms with van der Waals surface area (Å²) < 4.78 is 11.7. The summed E-state index contributed by atoms with van der Waals surface area (Å²) in [6.07, 6.45) is 5.01. The van der Waals surface area contributed by atoms with Gasteiger partial charge in [0.05, 0.1) is 12.8 Å². The third-order valence-corrected chi connectivity index (χ3v) is 7.32. The van der Waals surface area contributed by atoms with Crippen LogP contribution >= 0.6 is 0 Å². The van der Waals surface area contributed by atoms with Gasteiger partial charge in [-0.2, -0.15) is 0 Å². The molecule has 0 amide bonds. The fourth-order valence-corrected chi connectivity index (χ4v) is 5.19. The number of aliphatic imine (C=N–C) groups is 1. The number of unbranched alkanes of at least 4 members (excludes halogenated alkanes) is 1. The number of nitrogens with zero attached hydrogens (tertiary/aromatic N) is 4. The van der Waals surface area contributed by atoms with Crippen LogP contribution in [0.1, 0.15) is 18.4 Å². The molecule has 198 valence electrons. The Balaban J connectivity index is 1.23. The Hall–Kier alpha value is -3.97. The molecule has 0 atom stereocenters. The minimum absolute atomic E-state index is 0.343. The van der Waals surface area contributed by atoms with Gasteiger partial charge in [0.1, 0.15) is 12.0 Å². The molecule has 0 saturated carbocycles. The molecule has 2 heterocycles. The smallest absolute Gasteiger partial charge is 0.214 e. The first kappa shape index (κ1) is 25.7. The molecule has 0 unspecified atom stereocenters. The maximum absolute atomic E-state index is 6.41. The molecule has 1 aromatic heterocycles. The Morgan fingerprint density at radius 1 is 0.974 bits per heavy atom. The second-order valence-electron chi connectivity index (χ2n) is 9.67. The number of para-hydroxylation sites is 1. The summed E-state index contributed by atoms with van der Waals surface area (Å²) >= 11 is 0. The summed E-state index contributed by atoms with van der Waals surface area (Å²) in [6, 6.07) is 25.0. The van der Waals surface area contributed by atoms with Crippen molar-refractivity contribution in [1.82, 2.24) is 4.90 Å². The zero-order chi connectivity index (χ0) is 26.3. The molecule has 0 spiro atoms. The topological polar surface area (TPSA) is 70.5 Å². The number of ether oxygens (including phenoxy) is 1. The summed E-state index contributed by atoms with van der Waals surface area (Å²) in [4.78, 5) is 11.2. The molecule has 1 saturated heterocycles. The zero-order valence-electron chi connectivity index (χ0n) is 22.3. The first-order valence-corrected chi connectivity index (χ1v) is 13.4. The van der Waals surface area contributed by atoms with E-state index in [1.165, 1.54) is 11.3 Å². The molecule has 2 N–H and O–H groups in total. The van der Waals surface area contributed by atoms with Gasteiger partial charge in [0.15, 0.2) is 0 Å². The summed E-state index contributed by atoms with van der Waals surface area (Å²) in [5.74, 6) is 1.70.